The van der Waals surface area contributed by atoms with Crippen LogP contribution in [0.4, 0.5) is 0 Å². The van der Waals surface area contributed by atoms with Gasteiger partial charge in [0.15, 0.2) is 6.10 Å². The molecule has 1 aromatic carbocycles. The van der Waals surface area contributed by atoms with E-state index in [0.717, 1.165) is 5.56 Å². The molecule has 1 N–H and O–H groups in total. The molecule has 0 saturated carbocycles. The fourth-order valence-electron chi connectivity index (χ4n) is 1.96. The molecular weight excluding hydrogens is 306 g/mol. The third-order valence-electron chi connectivity index (χ3n) is 3.11. The number of esters is 1. The van der Waals surface area contributed by atoms with Crippen molar-refractivity contribution in [2.45, 2.75) is 39.3 Å². The van der Waals surface area contributed by atoms with Crippen molar-refractivity contribution in [3.8, 4) is 11.8 Å². The van der Waals surface area contributed by atoms with E-state index in [0.29, 0.717) is 0 Å². The van der Waals surface area contributed by atoms with Gasteiger partial charge in [-0.25, -0.2) is 0 Å². The van der Waals surface area contributed by atoms with Crippen LogP contribution in [0.15, 0.2) is 30.3 Å². The van der Waals surface area contributed by atoms with Crippen molar-refractivity contribution < 1.29 is 19.1 Å². The van der Waals surface area contributed by atoms with E-state index in [4.69, 9.17) is 4.74 Å². The standard InChI is InChI=1S/C19H25NO4/c1-19(2,3)12-11-15(13-16(21)23-4)20-18(22)17(24-5)14-9-7-6-8-10-14/h6-10,15,17H,13H2,1-5H3,(H,20,22)/t15?,17-/m1/s1. The first kappa shape index (κ1) is 19.7. The number of rotatable bonds is 6. The van der Waals surface area contributed by atoms with E-state index >= 15 is 0 Å². The molecule has 0 spiro atoms. The largest absolute Gasteiger partial charge is 0.469 e. The Hall–Kier alpha value is -2.32. The van der Waals surface area contributed by atoms with Gasteiger partial charge in [0.05, 0.1) is 13.5 Å². The molecule has 0 bridgehead atoms. The Morgan fingerprint density at radius 1 is 1.17 bits per heavy atom. The van der Waals surface area contributed by atoms with Crippen LogP contribution in [0.5, 0.6) is 0 Å². The van der Waals surface area contributed by atoms with E-state index < -0.39 is 18.1 Å². The molecule has 130 valence electrons. The van der Waals surface area contributed by atoms with Crippen molar-refractivity contribution in [2.24, 2.45) is 5.41 Å². The predicted molar refractivity (Wildman–Crippen MR) is 92.0 cm³/mol. The Labute approximate surface area is 143 Å². The number of methoxy groups -OCH3 is 2. The Morgan fingerprint density at radius 3 is 2.29 bits per heavy atom. The van der Waals surface area contributed by atoms with Crippen LogP contribution in [-0.4, -0.2) is 32.1 Å². The molecule has 0 aliphatic rings. The minimum Gasteiger partial charge on any atom is -0.469 e. The van der Waals surface area contributed by atoms with Crippen molar-refractivity contribution in [3.63, 3.8) is 0 Å². The van der Waals surface area contributed by atoms with Crippen LogP contribution in [0.1, 0.15) is 38.9 Å². The van der Waals surface area contributed by atoms with Gasteiger partial charge in [0.2, 0.25) is 0 Å². The van der Waals surface area contributed by atoms with Crippen LogP contribution >= 0.6 is 0 Å². The number of hydrogen-bond acceptors (Lipinski definition) is 4. The van der Waals surface area contributed by atoms with Crippen LogP contribution in [0.2, 0.25) is 0 Å². The molecule has 1 aromatic rings. The van der Waals surface area contributed by atoms with Crippen molar-refractivity contribution in [1.29, 1.82) is 0 Å². The predicted octanol–water partition coefficient (Wildman–Crippen LogP) is 2.47. The summed E-state index contributed by atoms with van der Waals surface area (Å²) in [5, 5.41) is 2.77. The van der Waals surface area contributed by atoms with Gasteiger partial charge in [0.1, 0.15) is 6.04 Å². The number of amides is 1. The molecular formula is C19H25NO4. The molecule has 2 atom stereocenters. The van der Waals surface area contributed by atoms with Gasteiger partial charge < -0.3 is 14.8 Å². The first-order chi connectivity index (χ1) is 11.3. The average molecular weight is 331 g/mol. The van der Waals surface area contributed by atoms with Gasteiger partial charge >= 0.3 is 5.97 Å². The zero-order chi connectivity index (χ0) is 18.2. The topological polar surface area (TPSA) is 64.6 Å². The fraction of sp³-hybridized carbons (Fsp3) is 0.474. The summed E-state index contributed by atoms with van der Waals surface area (Å²) in [6, 6.07) is 8.52. The Morgan fingerprint density at radius 2 is 1.79 bits per heavy atom. The monoisotopic (exact) mass is 331 g/mol. The zero-order valence-corrected chi connectivity index (χ0v) is 14.9. The van der Waals surface area contributed by atoms with Gasteiger partial charge in [-0.1, -0.05) is 42.2 Å². The van der Waals surface area contributed by atoms with Gasteiger partial charge in [-0.2, -0.15) is 0 Å². The molecule has 0 aromatic heterocycles. The van der Waals surface area contributed by atoms with E-state index in [2.05, 4.69) is 21.9 Å². The van der Waals surface area contributed by atoms with Crippen LogP contribution in [0.25, 0.3) is 0 Å². The summed E-state index contributed by atoms with van der Waals surface area (Å²) >= 11 is 0. The maximum Gasteiger partial charge on any atom is 0.308 e. The van der Waals surface area contributed by atoms with Gasteiger partial charge in [-0.05, 0) is 26.3 Å². The minimum absolute atomic E-state index is 0.0173. The summed E-state index contributed by atoms with van der Waals surface area (Å²) in [5.74, 6) is 5.21. The molecule has 5 nitrogen and oxygen atoms in total. The fourth-order valence-corrected chi connectivity index (χ4v) is 1.96. The van der Waals surface area contributed by atoms with Gasteiger partial charge in [0, 0.05) is 12.5 Å². The van der Waals surface area contributed by atoms with Crippen LogP contribution in [-0.2, 0) is 19.1 Å². The number of carbonyl (C=O) groups is 2. The third-order valence-corrected chi connectivity index (χ3v) is 3.11. The Kier molecular flexibility index (Phi) is 7.47. The molecule has 0 radical (unpaired) electrons. The first-order valence-corrected chi connectivity index (χ1v) is 7.74. The van der Waals surface area contributed by atoms with E-state index in [9.17, 15) is 9.59 Å². The summed E-state index contributed by atoms with van der Waals surface area (Å²) in [7, 11) is 2.77. The van der Waals surface area contributed by atoms with E-state index in [-0.39, 0.29) is 17.7 Å². The lowest BCUT2D eigenvalue weighted by molar-refractivity contribution is -0.141. The highest BCUT2D eigenvalue weighted by molar-refractivity contribution is 5.83. The highest BCUT2D eigenvalue weighted by Gasteiger charge is 2.23. The summed E-state index contributed by atoms with van der Waals surface area (Å²) in [6.07, 6.45) is -0.779. The number of nitrogens with one attached hydrogen (secondary N) is 1. The Bertz CT molecular complexity index is 608. The van der Waals surface area contributed by atoms with E-state index in [1.54, 1.807) is 0 Å². The quantitative estimate of drug-likeness (QED) is 0.642. The SMILES string of the molecule is COC(=O)CC(C#CC(C)(C)C)NC(=O)[C@H](OC)c1ccccc1. The van der Waals surface area contributed by atoms with E-state index in [1.807, 2.05) is 51.1 Å². The normalized spacial score (nSPS) is 13.2. The van der Waals surface area contributed by atoms with Crippen molar-refractivity contribution >= 4 is 11.9 Å². The maximum absolute atomic E-state index is 12.5. The molecule has 0 fully saturated rings. The number of carbonyl (C=O) groups excluding carboxylic acids is 2. The zero-order valence-electron chi connectivity index (χ0n) is 14.9. The second-order valence-corrected chi connectivity index (χ2v) is 6.39. The summed E-state index contributed by atoms with van der Waals surface area (Å²) in [4.78, 5) is 24.1. The van der Waals surface area contributed by atoms with Crippen molar-refractivity contribution in [2.75, 3.05) is 14.2 Å². The highest BCUT2D eigenvalue weighted by atomic mass is 16.5. The smallest absolute Gasteiger partial charge is 0.308 e. The van der Waals surface area contributed by atoms with Crippen LogP contribution in [0, 0.1) is 17.3 Å². The van der Waals surface area contributed by atoms with Crippen LogP contribution in [0.3, 0.4) is 0 Å². The van der Waals surface area contributed by atoms with Crippen molar-refractivity contribution in [3.05, 3.63) is 35.9 Å². The van der Waals surface area contributed by atoms with Gasteiger partial charge in [-0.3, -0.25) is 9.59 Å². The van der Waals surface area contributed by atoms with Gasteiger partial charge in [-0.15, -0.1) is 0 Å². The molecule has 1 rings (SSSR count). The molecule has 1 unspecified atom stereocenters. The lowest BCUT2D eigenvalue weighted by atomic mass is 9.97. The Balaban J connectivity index is 2.92. The molecule has 24 heavy (non-hydrogen) atoms. The molecule has 0 aliphatic heterocycles. The lowest BCUT2D eigenvalue weighted by Gasteiger charge is -2.19. The third kappa shape index (κ3) is 6.84. The second kappa shape index (κ2) is 9.09. The highest BCUT2D eigenvalue weighted by Crippen LogP contribution is 2.17. The van der Waals surface area contributed by atoms with E-state index in [1.165, 1.54) is 14.2 Å². The minimum atomic E-state index is -0.761. The number of benzene rings is 1. The lowest BCUT2D eigenvalue weighted by Crippen LogP contribution is -2.39. The summed E-state index contributed by atoms with van der Waals surface area (Å²) in [5.41, 5.74) is 0.497. The first-order valence-electron chi connectivity index (χ1n) is 7.74. The number of ether oxygens (including phenoxy) is 2. The maximum atomic E-state index is 12.5. The van der Waals surface area contributed by atoms with Gasteiger partial charge in [0.25, 0.3) is 5.91 Å². The average Bonchev–Trinajstić information content (AvgIpc) is 2.53. The van der Waals surface area contributed by atoms with Crippen molar-refractivity contribution in [1.82, 2.24) is 5.32 Å². The molecule has 0 aliphatic carbocycles. The number of hydrogen-bond donors (Lipinski definition) is 1. The van der Waals surface area contributed by atoms with Crippen LogP contribution < -0.4 is 5.32 Å². The summed E-state index contributed by atoms with van der Waals surface area (Å²) < 4.78 is 9.98. The summed E-state index contributed by atoms with van der Waals surface area (Å²) in [6.45, 7) is 5.87. The molecule has 0 saturated heterocycles. The molecule has 5 heteroatoms. The molecule has 1 amide bonds. The second-order valence-electron chi connectivity index (χ2n) is 6.39. The molecule has 0 heterocycles.